The summed E-state index contributed by atoms with van der Waals surface area (Å²) < 4.78 is 0.754. The molecule has 4 heteroatoms. The molecule has 2 atom stereocenters. The lowest BCUT2D eigenvalue weighted by atomic mass is 10.2. The lowest BCUT2D eigenvalue weighted by Crippen LogP contribution is -2.26. The van der Waals surface area contributed by atoms with Crippen LogP contribution in [0.1, 0.15) is 30.1 Å². The van der Waals surface area contributed by atoms with Crippen LogP contribution in [0.4, 0.5) is 0 Å². The molecule has 86 valence electrons. The quantitative estimate of drug-likeness (QED) is 0.907. The Kier molecular flexibility index (Phi) is 3.55. The van der Waals surface area contributed by atoms with Crippen molar-refractivity contribution in [3.05, 3.63) is 33.3 Å². The zero-order valence-electron chi connectivity index (χ0n) is 8.97. The minimum Gasteiger partial charge on any atom is -0.349 e. The first-order valence-electron chi connectivity index (χ1n) is 5.37. The highest BCUT2D eigenvalue weighted by atomic mass is 79.9. The molecule has 0 heterocycles. The summed E-state index contributed by atoms with van der Waals surface area (Å²) in [5, 5.41) is 3.63. The molecule has 2 rings (SSSR count). The largest absolute Gasteiger partial charge is 0.349 e. The van der Waals surface area contributed by atoms with E-state index < -0.39 is 0 Å². The molecule has 1 fully saturated rings. The Hall–Kier alpha value is -0.540. The van der Waals surface area contributed by atoms with E-state index in [0.717, 1.165) is 17.3 Å². The monoisotopic (exact) mass is 301 g/mol. The smallest absolute Gasteiger partial charge is 0.251 e. The first kappa shape index (κ1) is 11.9. The van der Waals surface area contributed by atoms with Gasteiger partial charge < -0.3 is 5.32 Å². The molecule has 0 saturated heterocycles. The molecule has 1 amide bonds. The number of hydrogen-bond acceptors (Lipinski definition) is 1. The second kappa shape index (κ2) is 4.76. The highest BCUT2D eigenvalue weighted by Gasteiger charge is 2.36. The van der Waals surface area contributed by atoms with E-state index in [4.69, 9.17) is 11.6 Å². The summed E-state index contributed by atoms with van der Waals surface area (Å²) in [6.07, 6.45) is 2.24. The minimum atomic E-state index is -0.0154. The standard InChI is InChI=1S/C12H13BrClNO/c1-2-7-6-11(7)15-12(16)8-3-4-10(14)9(13)5-8/h3-5,7,11H,2,6H2,1H3,(H,15,16). The lowest BCUT2D eigenvalue weighted by Gasteiger charge is -2.05. The van der Waals surface area contributed by atoms with Gasteiger partial charge in [-0.2, -0.15) is 0 Å². The molecule has 1 N–H and O–H groups in total. The summed E-state index contributed by atoms with van der Waals surface area (Å²) in [6, 6.07) is 5.59. The van der Waals surface area contributed by atoms with Gasteiger partial charge in [-0.05, 0) is 46.5 Å². The number of halogens is 2. The van der Waals surface area contributed by atoms with Crippen LogP contribution in [0.5, 0.6) is 0 Å². The van der Waals surface area contributed by atoms with E-state index in [1.807, 2.05) is 0 Å². The maximum absolute atomic E-state index is 11.8. The zero-order valence-corrected chi connectivity index (χ0v) is 11.3. The normalized spacial score (nSPS) is 22.9. The Balaban J connectivity index is 2.01. The van der Waals surface area contributed by atoms with Crippen molar-refractivity contribution in [2.24, 2.45) is 5.92 Å². The lowest BCUT2D eigenvalue weighted by molar-refractivity contribution is 0.0949. The predicted octanol–water partition coefficient (Wildman–Crippen LogP) is 3.63. The maximum Gasteiger partial charge on any atom is 0.251 e. The van der Waals surface area contributed by atoms with Crippen LogP contribution in [0, 0.1) is 5.92 Å². The summed E-state index contributed by atoms with van der Waals surface area (Å²) in [7, 11) is 0. The van der Waals surface area contributed by atoms with Gasteiger partial charge in [0.05, 0.1) is 5.02 Å². The third-order valence-electron chi connectivity index (χ3n) is 2.95. The predicted molar refractivity (Wildman–Crippen MR) is 68.8 cm³/mol. The molecule has 0 radical (unpaired) electrons. The molecular weight excluding hydrogens is 289 g/mol. The molecule has 1 aliphatic carbocycles. The van der Waals surface area contributed by atoms with Gasteiger partial charge in [-0.3, -0.25) is 4.79 Å². The second-order valence-corrected chi connectivity index (χ2v) is 5.37. The van der Waals surface area contributed by atoms with E-state index in [0.29, 0.717) is 22.5 Å². The molecule has 0 aromatic heterocycles. The van der Waals surface area contributed by atoms with Crippen LogP contribution in [-0.4, -0.2) is 11.9 Å². The summed E-state index contributed by atoms with van der Waals surface area (Å²) in [6.45, 7) is 2.15. The van der Waals surface area contributed by atoms with Crippen molar-refractivity contribution in [3.8, 4) is 0 Å². The van der Waals surface area contributed by atoms with Gasteiger partial charge >= 0.3 is 0 Å². The van der Waals surface area contributed by atoms with Gasteiger partial charge in [0.1, 0.15) is 0 Å². The molecule has 1 aromatic carbocycles. The van der Waals surface area contributed by atoms with Crippen molar-refractivity contribution in [2.75, 3.05) is 0 Å². The second-order valence-electron chi connectivity index (χ2n) is 4.11. The average molecular weight is 303 g/mol. The van der Waals surface area contributed by atoms with Crippen molar-refractivity contribution in [1.82, 2.24) is 5.32 Å². The van der Waals surface area contributed by atoms with E-state index in [-0.39, 0.29) is 5.91 Å². The van der Waals surface area contributed by atoms with Crippen LogP contribution in [0.15, 0.2) is 22.7 Å². The van der Waals surface area contributed by atoms with Gasteiger partial charge in [0.2, 0.25) is 0 Å². The van der Waals surface area contributed by atoms with Crippen molar-refractivity contribution < 1.29 is 4.79 Å². The fourth-order valence-electron chi connectivity index (χ4n) is 1.76. The Bertz CT molecular complexity index is 421. The van der Waals surface area contributed by atoms with Crippen LogP contribution < -0.4 is 5.32 Å². The van der Waals surface area contributed by atoms with E-state index >= 15 is 0 Å². The number of amides is 1. The van der Waals surface area contributed by atoms with Crippen LogP contribution >= 0.6 is 27.5 Å². The number of rotatable bonds is 3. The third-order valence-corrected chi connectivity index (χ3v) is 4.16. The van der Waals surface area contributed by atoms with Gasteiger partial charge in [-0.15, -0.1) is 0 Å². The molecule has 2 nitrogen and oxygen atoms in total. The van der Waals surface area contributed by atoms with E-state index in [1.54, 1.807) is 18.2 Å². The van der Waals surface area contributed by atoms with Crippen molar-refractivity contribution in [2.45, 2.75) is 25.8 Å². The molecule has 2 unspecified atom stereocenters. The number of benzene rings is 1. The molecule has 0 bridgehead atoms. The topological polar surface area (TPSA) is 29.1 Å². The number of nitrogens with one attached hydrogen (secondary N) is 1. The molecule has 16 heavy (non-hydrogen) atoms. The number of carbonyl (C=O) groups is 1. The van der Waals surface area contributed by atoms with Gasteiger partial charge in [-0.1, -0.05) is 24.9 Å². The maximum atomic E-state index is 11.8. The first-order valence-corrected chi connectivity index (χ1v) is 6.54. The highest BCUT2D eigenvalue weighted by Crippen LogP contribution is 2.33. The van der Waals surface area contributed by atoms with Crippen LogP contribution in [-0.2, 0) is 0 Å². The number of carbonyl (C=O) groups excluding carboxylic acids is 1. The van der Waals surface area contributed by atoms with Crippen LogP contribution in [0.25, 0.3) is 0 Å². The van der Waals surface area contributed by atoms with Crippen LogP contribution in [0.2, 0.25) is 5.02 Å². The van der Waals surface area contributed by atoms with Crippen molar-refractivity contribution in [3.63, 3.8) is 0 Å². The summed E-state index contributed by atoms with van der Waals surface area (Å²) in [5.74, 6) is 0.651. The summed E-state index contributed by atoms with van der Waals surface area (Å²) >= 11 is 9.18. The van der Waals surface area contributed by atoms with E-state index in [9.17, 15) is 4.79 Å². The molecular formula is C12H13BrClNO. The van der Waals surface area contributed by atoms with Gasteiger partial charge in [0, 0.05) is 16.1 Å². The molecule has 1 aliphatic rings. The summed E-state index contributed by atoms with van der Waals surface area (Å²) in [5.41, 5.74) is 0.651. The zero-order chi connectivity index (χ0) is 11.7. The Morgan fingerprint density at radius 3 is 2.94 bits per heavy atom. The molecule has 0 spiro atoms. The summed E-state index contributed by atoms with van der Waals surface area (Å²) in [4.78, 5) is 11.8. The van der Waals surface area contributed by atoms with E-state index in [1.165, 1.54) is 0 Å². The Morgan fingerprint density at radius 2 is 2.38 bits per heavy atom. The molecule has 0 aliphatic heterocycles. The van der Waals surface area contributed by atoms with Crippen LogP contribution in [0.3, 0.4) is 0 Å². The number of hydrogen-bond donors (Lipinski definition) is 1. The molecule has 1 aromatic rings. The average Bonchev–Trinajstić information content (AvgIpc) is 3.00. The van der Waals surface area contributed by atoms with Crippen molar-refractivity contribution >= 4 is 33.4 Å². The Morgan fingerprint density at radius 1 is 1.62 bits per heavy atom. The van der Waals surface area contributed by atoms with Gasteiger partial charge in [-0.25, -0.2) is 0 Å². The fourth-order valence-corrected chi connectivity index (χ4v) is 2.26. The highest BCUT2D eigenvalue weighted by molar-refractivity contribution is 9.10. The van der Waals surface area contributed by atoms with Crippen molar-refractivity contribution in [1.29, 1.82) is 0 Å². The minimum absolute atomic E-state index is 0.0154. The first-order chi connectivity index (χ1) is 7.61. The molecule has 1 saturated carbocycles. The van der Waals surface area contributed by atoms with Gasteiger partial charge in [0.15, 0.2) is 0 Å². The third kappa shape index (κ3) is 2.58. The Labute approximate surface area is 108 Å². The SMILES string of the molecule is CCC1CC1NC(=O)c1ccc(Cl)c(Br)c1. The van der Waals surface area contributed by atoms with E-state index in [2.05, 4.69) is 28.2 Å². The fraction of sp³-hybridized carbons (Fsp3) is 0.417. The van der Waals surface area contributed by atoms with Gasteiger partial charge in [0.25, 0.3) is 5.91 Å².